The first-order valence-corrected chi connectivity index (χ1v) is 9.62. The predicted octanol–water partition coefficient (Wildman–Crippen LogP) is 2.81. The maximum Gasteiger partial charge on any atom is 0.261 e. The number of rotatable bonds is 6. The fourth-order valence-corrected chi connectivity index (χ4v) is 3.68. The molecule has 0 radical (unpaired) electrons. The maximum absolute atomic E-state index is 12.4. The highest BCUT2D eigenvalue weighted by atomic mass is 32.2. The molecule has 0 saturated carbocycles. The number of benzene rings is 2. The molecular formula is C16H16N4O3S2. The van der Waals surface area contributed by atoms with Crippen molar-refractivity contribution in [3.63, 3.8) is 0 Å². The Bertz CT molecular complexity index is 969. The number of ether oxygens (including phenoxy) is 1. The minimum absolute atomic E-state index is 0.154. The van der Waals surface area contributed by atoms with Gasteiger partial charge in [0.1, 0.15) is 12.4 Å². The van der Waals surface area contributed by atoms with Gasteiger partial charge in [0.15, 0.2) is 5.01 Å². The summed E-state index contributed by atoms with van der Waals surface area (Å²) in [6.07, 6.45) is 0. The summed E-state index contributed by atoms with van der Waals surface area (Å²) in [7, 11) is -3.65. The normalized spacial score (nSPS) is 11.2. The minimum Gasteiger partial charge on any atom is -0.486 e. The average molecular weight is 376 g/mol. The summed E-state index contributed by atoms with van der Waals surface area (Å²) in [6, 6.07) is 13.3. The van der Waals surface area contributed by atoms with Crippen LogP contribution in [0.1, 0.15) is 10.6 Å². The second kappa shape index (κ2) is 7.08. The van der Waals surface area contributed by atoms with Crippen molar-refractivity contribution in [2.45, 2.75) is 18.4 Å². The number of nitrogens with one attached hydrogen (secondary N) is 1. The minimum atomic E-state index is -3.65. The zero-order chi connectivity index (χ0) is 17.9. The third kappa shape index (κ3) is 4.46. The Balaban J connectivity index is 1.68. The number of nitrogens with two attached hydrogens (primary N) is 1. The van der Waals surface area contributed by atoms with Gasteiger partial charge < -0.3 is 10.5 Å². The van der Waals surface area contributed by atoms with Gasteiger partial charge in [0.25, 0.3) is 10.0 Å². The molecule has 3 rings (SSSR count). The van der Waals surface area contributed by atoms with Crippen LogP contribution in [0.25, 0.3) is 0 Å². The summed E-state index contributed by atoms with van der Waals surface area (Å²) in [5.41, 5.74) is 7.00. The molecule has 0 unspecified atom stereocenters. The lowest BCUT2D eigenvalue weighted by molar-refractivity contribution is 0.304. The molecule has 25 heavy (non-hydrogen) atoms. The molecular weight excluding hydrogens is 360 g/mol. The molecule has 1 heterocycles. The zero-order valence-corrected chi connectivity index (χ0v) is 15.0. The first kappa shape index (κ1) is 17.2. The number of sulfonamides is 1. The fourth-order valence-electron chi connectivity index (χ4n) is 2.11. The zero-order valence-electron chi connectivity index (χ0n) is 13.3. The van der Waals surface area contributed by atoms with Crippen molar-refractivity contribution in [1.29, 1.82) is 0 Å². The molecule has 7 nitrogen and oxygen atoms in total. The van der Waals surface area contributed by atoms with Crippen molar-refractivity contribution in [2.24, 2.45) is 0 Å². The molecule has 0 fully saturated rings. The lowest BCUT2D eigenvalue weighted by atomic mass is 10.2. The Kier molecular flexibility index (Phi) is 4.86. The van der Waals surface area contributed by atoms with Crippen LogP contribution >= 0.6 is 11.3 Å². The van der Waals surface area contributed by atoms with E-state index in [1.54, 1.807) is 30.3 Å². The molecule has 9 heteroatoms. The number of hydrogen-bond acceptors (Lipinski definition) is 7. The number of hydrogen-bond donors (Lipinski definition) is 2. The van der Waals surface area contributed by atoms with Gasteiger partial charge in [-0.15, -0.1) is 10.2 Å². The van der Waals surface area contributed by atoms with Gasteiger partial charge in [0.05, 0.1) is 4.90 Å². The van der Waals surface area contributed by atoms with Gasteiger partial charge >= 0.3 is 0 Å². The summed E-state index contributed by atoms with van der Waals surface area (Å²) in [5, 5.41) is 8.58. The number of aryl methyl sites for hydroxylation is 1. The summed E-state index contributed by atoms with van der Waals surface area (Å²) in [4.78, 5) is 0.154. The van der Waals surface area contributed by atoms with Crippen LogP contribution in [0.2, 0.25) is 0 Å². The fraction of sp³-hybridized carbons (Fsp3) is 0.125. The van der Waals surface area contributed by atoms with E-state index >= 15 is 0 Å². The third-order valence-electron chi connectivity index (χ3n) is 3.25. The number of aromatic nitrogens is 2. The van der Waals surface area contributed by atoms with Crippen LogP contribution in [0.15, 0.2) is 53.4 Å². The molecule has 0 aliphatic rings. The SMILES string of the molecule is Cc1cccc(NS(=O)(=O)c2ccc(OCc3nnc(N)s3)cc2)c1. The van der Waals surface area contributed by atoms with Gasteiger partial charge in [-0.1, -0.05) is 23.5 Å². The van der Waals surface area contributed by atoms with E-state index in [4.69, 9.17) is 10.5 Å². The van der Waals surface area contributed by atoms with E-state index in [-0.39, 0.29) is 11.5 Å². The Hall–Kier alpha value is -2.65. The molecule has 2 aromatic carbocycles. The van der Waals surface area contributed by atoms with Crippen molar-refractivity contribution in [3.8, 4) is 5.75 Å². The molecule has 0 aliphatic carbocycles. The summed E-state index contributed by atoms with van der Waals surface area (Å²) in [5.74, 6) is 0.531. The highest BCUT2D eigenvalue weighted by Crippen LogP contribution is 2.21. The molecule has 0 bridgehead atoms. The van der Waals surface area contributed by atoms with Crippen LogP contribution in [-0.4, -0.2) is 18.6 Å². The van der Waals surface area contributed by atoms with Gasteiger partial charge in [0.2, 0.25) is 5.13 Å². The second-order valence-electron chi connectivity index (χ2n) is 5.27. The topological polar surface area (TPSA) is 107 Å². The van der Waals surface area contributed by atoms with Gasteiger partial charge in [-0.25, -0.2) is 8.42 Å². The van der Waals surface area contributed by atoms with Crippen LogP contribution in [0.5, 0.6) is 5.75 Å². The van der Waals surface area contributed by atoms with Crippen molar-refractivity contribution >= 4 is 32.2 Å². The molecule has 0 atom stereocenters. The Morgan fingerprint density at radius 3 is 2.56 bits per heavy atom. The summed E-state index contributed by atoms with van der Waals surface area (Å²) >= 11 is 1.24. The summed E-state index contributed by atoms with van der Waals surface area (Å²) < 4.78 is 32.9. The van der Waals surface area contributed by atoms with E-state index < -0.39 is 10.0 Å². The standard InChI is InChI=1S/C16H16N4O3S2/c1-11-3-2-4-12(9-11)20-25(21,22)14-7-5-13(6-8-14)23-10-15-18-19-16(17)24-15/h2-9,20H,10H2,1H3,(H2,17,19). The largest absolute Gasteiger partial charge is 0.486 e. The smallest absolute Gasteiger partial charge is 0.261 e. The predicted molar refractivity (Wildman–Crippen MR) is 97.1 cm³/mol. The van der Waals surface area contributed by atoms with Crippen LogP contribution in [0.4, 0.5) is 10.8 Å². The van der Waals surface area contributed by atoms with E-state index in [9.17, 15) is 8.42 Å². The molecule has 0 spiro atoms. The lowest BCUT2D eigenvalue weighted by Gasteiger charge is -2.09. The first-order valence-electron chi connectivity index (χ1n) is 7.32. The lowest BCUT2D eigenvalue weighted by Crippen LogP contribution is -2.12. The maximum atomic E-state index is 12.4. The van der Waals surface area contributed by atoms with Crippen LogP contribution in [-0.2, 0) is 16.6 Å². The van der Waals surface area contributed by atoms with Gasteiger partial charge in [-0.3, -0.25) is 4.72 Å². The third-order valence-corrected chi connectivity index (χ3v) is 5.37. The average Bonchev–Trinajstić information content (AvgIpc) is 2.98. The van der Waals surface area contributed by atoms with E-state index in [0.717, 1.165) is 5.56 Å². The second-order valence-corrected chi connectivity index (χ2v) is 8.05. The Morgan fingerprint density at radius 1 is 1.16 bits per heavy atom. The van der Waals surface area contributed by atoms with Gasteiger partial charge in [0, 0.05) is 5.69 Å². The Labute approximate surface area is 149 Å². The molecule has 0 aliphatic heterocycles. The molecule has 1 aromatic heterocycles. The monoisotopic (exact) mass is 376 g/mol. The molecule has 0 saturated heterocycles. The molecule has 0 amide bonds. The number of anilines is 2. The van der Waals surface area contributed by atoms with E-state index in [1.807, 2.05) is 13.0 Å². The van der Waals surface area contributed by atoms with Crippen molar-refractivity contribution < 1.29 is 13.2 Å². The highest BCUT2D eigenvalue weighted by molar-refractivity contribution is 7.92. The molecule has 3 aromatic rings. The van der Waals surface area contributed by atoms with E-state index in [1.165, 1.54) is 23.5 Å². The first-order chi connectivity index (χ1) is 11.9. The van der Waals surface area contributed by atoms with Gasteiger partial charge in [-0.2, -0.15) is 0 Å². The quantitative estimate of drug-likeness (QED) is 0.685. The highest BCUT2D eigenvalue weighted by Gasteiger charge is 2.14. The van der Waals surface area contributed by atoms with Crippen LogP contribution in [0, 0.1) is 6.92 Å². The number of nitrogens with zero attached hydrogens (tertiary/aromatic N) is 2. The van der Waals surface area contributed by atoms with Crippen molar-refractivity contribution in [3.05, 3.63) is 59.1 Å². The van der Waals surface area contributed by atoms with Crippen molar-refractivity contribution in [2.75, 3.05) is 10.5 Å². The van der Waals surface area contributed by atoms with Crippen LogP contribution in [0.3, 0.4) is 0 Å². The molecule has 3 N–H and O–H groups in total. The van der Waals surface area contributed by atoms with E-state index in [2.05, 4.69) is 14.9 Å². The van der Waals surface area contributed by atoms with Crippen LogP contribution < -0.4 is 15.2 Å². The Morgan fingerprint density at radius 2 is 1.92 bits per heavy atom. The molecule has 130 valence electrons. The van der Waals surface area contributed by atoms with E-state index in [0.29, 0.717) is 21.6 Å². The van der Waals surface area contributed by atoms with Gasteiger partial charge in [-0.05, 0) is 48.9 Å². The summed E-state index contributed by atoms with van der Waals surface area (Å²) in [6.45, 7) is 2.12. The number of nitrogen functional groups attached to an aromatic ring is 1. The van der Waals surface area contributed by atoms with Crippen molar-refractivity contribution in [1.82, 2.24) is 10.2 Å².